The fourth-order valence-electron chi connectivity index (χ4n) is 2.06. The Kier molecular flexibility index (Phi) is 5.25. The average Bonchev–Trinajstić information content (AvgIpc) is 2.88. The van der Waals surface area contributed by atoms with Crippen LogP contribution in [0.15, 0.2) is 29.2 Å². The number of nitrogens with zero attached hydrogens (tertiary/aromatic N) is 2. The number of aryl methyl sites for hydroxylation is 1. The van der Waals surface area contributed by atoms with Crippen molar-refractivity contribution < 1.29 is 4.79 Å². The molecule has 0 saturated heterocycles. The van der Waals surface area contributed by atoms with Crippen molar-refractivity contribution >= 4 is 34.2 Å². The fourth-order valence-corrected chi connectivity index (χ4v) is 3.21. The number of nitrogens with one attached hydrogen (secondary N) is 1. The van der Waals surface area contributed by atoms with Crippen LogP contribution in [0.25, 0.3) is 0 Å². The second kappa shape index (κ2) is 6.95. The van der Waals surface area contributed by atoms with E-state index in [1.165, 1.54) is 16.4 Å². The molecule has 0 atom stereocenters. The van der Waals surface area contributed by atoms with E-state index in [1.54, 1.807) is 16.7 Å². The van der Waals surface area contributed by atoms with E-state index >= 15 is 0 Å². The van der Waals surface area contributed by atoms with Crippen LogP contribution in [0.2, 0.25) is 0 Å². The normalized spacial score (nSPS) is 10.5. The highest BCUT2D eigenvalue weighted by atomic mass is 32.2. The number of hydrogen-bond acceptors (Lipinski definition) is 5. The van der Waals surface area contributed by atoms with Crippen LogP contribution in [-0.2, 0) is 6.54 Å². The van der Waals surface area contributed by atoms with Gasteiger partial charge in [0.25, 0.3) is 5.91 Å². The summed E-state index contributed by atoms with van der Waals surface area (Å²) in [6.07, 6.45) is 2.05. The molecule has 1 N–H and O–H groups in total. The Bertz CT molecular complexity index is 622. The lowest BCUT2D eigenvalue weighted by atomic mass is 10.2. The maximum absolute atomic E-state index is 12.6. The summed E-state index contributed by atoms with van der Waals surface area (Å²) in [6, 6.07) is 8.28. The monoisotopic (exact) mass is 321 g/mol. The van der Waals surface area contributed by atoms with Gasteiger partial charge < -0.3 is 10.2 Å². The van der Waals surface area contributed by atoms with Crippen molar-refractivity contribution in [3.8, 4) is 0 Å². The lowest BCUT2D eigenvalue weighted by Crippen LogP contribution is -2.27. The molecule has 0 bridgehead atoms. The van der Waals surface area contributed by atoms with Crippen LogP contribution in [-0.4, -0.2) is 35.5 Å². The van der Waals surface area contributed by atoms with Crippen LogP contribution in [0.4, 0.5) is 5.00 Å². The smallest absolute Gasteiger partial charge is 0.258 e. The lowest BCUT2D eigenvalue weighted by molar-refractivity contribution is 0.0785. The molecule has 0 aliphatic heterocycles. The second-order valence-corrected chi connectivity index (χ2v) is 6.38. The predicted octanol–water partition coefficient (Wildman–Crippen LogP) is 3.49. The molecule has 6 heteroatoms. The predicted molar refractivity (Wildman–Crippen MR) is 90.4 cm³/mol. The van der Waals surface area contributed by atoms with Crippen molar-refractivity contribution in [1.29, 1.82) is 0 Å². The summed E-state index contributed by atoms with van der Waals surface area (Å²) in [4.78, 5) is 15.5. The van der Waals surface area contributed by atoms with Crippen molar-refractivity contribution in [2.45, 2.75) is 18.4 Å². The van der Waals surface area contributed by atoms with Crippen molar-refractivity contribution in [2.75, 3.05) is 25.7 Å². The van der Waals surface area contributed by atoms with E-state index in [9.17, 15) is 4.79 Å². The molecule has 0 spiro atoms. The highest BCUT2D eigenvalue weighted by Crippen LogP contribution is 2.25. The zero-order valence-electron chi connectivity index (χ0n) is 12.6. The number of anilines is 1. The van der Waals surface area contributed by atoms with Crippen molar-refractivity contribution in [2.24, 2.45) is 0 Å². The van der Waals surface area contributed by atoms with E-state index in [0.29, 0.717) is 12.1 Å². The van der Waals surface area contributed by atoms with E-state index < -0.39 is 0 Å². The molecule has 0 aliphatic carbocycles. The summed E-state index contributed by atoms with van der Waals surface area (Å²) in [5, 5.41) is 3.86. The zero-order chi connectivity index (χ0) is 15.4. The van der Waals surface area contributed by atoms with Crippen molar-refractivity contribution in [1.82, 2.24) is 9.27 Å². The fraction of sp³-hybridized carbons (Fsp3) is 0.333. The molecule has 0 aliphatic rings. The molecule has 21 heavy (non-hydrogen) atoms. The van der Waals surface area contributed by atoms with E-state index in [0.717, 1.165) is 16.3 Å². The van der Waals surface area contributed by atoms with Gasteiger partial charge in [0.2, 0.25) is 0 Å². The van der Waals surface area contributed by atoms with Crippen molar-refractivity contribution in [3.63, 3.8) is 0 Å². The Morgan fingerprint density at radius 3 is 2.62 bits per heavy atom. The topological polar surface area (TPSA) is 45.2 Å². The van der Waals surface area contributed by atoms with Gasteiger partial charge in [0.05, 0.1) is 11.3 Å². The highest BCUT2D eigenvalue weighted by Gasteiger charge is 2.21. The number of benzene rings is 1. The van der Waals surface area contributed by atoms with Gasteiger partial charge in [0.15, 0.2) is 0 Å². The van der Waals surface area contributed by atoms with Crippen LogP contribution in [0.3, 0.4) is 0 Å². The van der Waals surface area contributed by atoms with Gasteiger partial charge in [-0.3, -0.25) is 4.79 Å². The first-order valence-electron chi connectivity index (χ1n) is 6.59. The first-order valence-corrected chi connectivity index (χ1v) is 8.59. The quantitative estimate of drug-likeness (QED) is 0.856. The van der Waals surface area contributed by atoms with E-state index in [2.05, 4.69) is 40.2 Å². The molecule has 112 valence electrons. The summed E-state index contributed by atoms with van der Waals surface area (Å²) >= 11 is 3.03. The van der Waals surface area contributed by atoms with Crippen LogP contribution in [0, 0.1) is 6.92 Å². The van der Waals surface area contributed by atoms with Crippen LogP contribution >= 0.6 is 23.3 Å². The molecule has 1 aromatic carbocycles. The molecule has 0 radical (unpaired) electrons. The Balaban J connectivity index is 2.13. The molecular weight excluding hydrogens is 302 g/mol. The molecule has 1 aromatic heterocycles. The minimum atomic E-state index is -0.000423. The highest BCUT2D eigenvalue weighted by molar-refractivity contribution is 7.98. The van der Waals surface area contributed by atoms with Gasteiger partial charge in [-0.2, -0.15) is 4.37 Å². The summed E-state index contributed by atoms with van der Waals surface area (Å²) in [5.41, 5.74) is 2.57. The largest absolute Gasteiger partial charge is 0.378 e. The molecule has 0 saturated carbocycles. The summed E-state index contributed by atoms with van der Waals surface area (Å²) in [5.74, 6) is -0.000423. The van der Waals surface area contributed by atoms with Crippen LogP contribution in [0.1, 0.15) is 21.6 Å². The number of aromatic nitrogens is 1. The number of rotatable bonds is 5. The number of hydrogen-bond donors (Lipinski definition) is 1. The van der Waals surface area contributed by atoms with E-state index in [-0.39, 0.29) is 5.91 Å². The molecule has 1 amide bonds. The molecular formula is C15H19N3OS2. The van der Waals surface area contributed by atoms with Gasteiger partial charge >= 0.3 is 0 Å². The minimum absolute atomic E-state index is 0.000423. The minimum Gasteiger partial charge on any atom is -0.378 e. The van der Waals surface area contributed by atoms with Gasteiger partial charge in [-0.25, -0.2) is 0 Å². The molecule has 0 unspecified atom stereocenters. The van der Waals surface area contributed by atoms with Gasteiger partial charge in [-0.05, 0) is 42.4 Å². The first kappa shape index (κ1) is 15.9. The third kappa shape index (κ3) is 3.57. The molecule has 2 rings (SSSR count). The maximum atomic E-state index is 12.6. The third-order valence-corrected chi connectivity index (χ3v) is 4.93. The number of carbonyl (C=O) groups is 1. The molecule has 2 aromatic rings. The zero-order valence-corrected chi connectivity index (χ0v) is 14.3. The number of amides is 1. The Hall–Kier alpha value is -1.53. The third-order valence-electron chi connectivity index (χ3n) is 3.23. The Morgan fingerprint density at radius 1 is 1.38 bits per heavy atom. The van der Waals surface area contributed by atoms with Crippen LogP contribution < -0.4 is 5.32 Å². The molecule has 1 heterocycles. The lowest BCUT2D eigenvalue weighted by Gasteiger charge is -2.18. The summed E-state index contributed by atoms with van der Waals surface area (Å²) in [7, 11) is 3.63. The Morgan fingerprint density at radius 2 is 2.05 bits per heavy atom. The van der Waals surface area contributed by atoms with E-state index in [1.807, 2.05) is 21.0 Å². The molecule has 0 fully saturated rings. The van der Waals surface area contributed by atoms with Gasteiger partial charge in [0.1, 0.15) is 5.00 Å². The summed E-state index contributed by atoms with van der Waals surface area (Å²) in [6.45, 7) is 2.46. The van der Waals surface area contributed by atoms with Gasteiger partial charge in [0, 0.05) is 25.5 Å². The van der Waals surface area contributed by atoms with Crippen LogP contribution in [0.5, 0.6) is 0 Å². The van der Waals surface area contributed by atoms with Gasteiger partial charge in [-0.1, -0.05) is 12.1 Å². The van der Waals surface area contributed by atoms with Crippen molar-refractivity contribution in [3.05, 3.63) is 41.1 Å². The summed E-state index contributed by atoms with van der Waals surface area (Å²) < 4.78 is 4.25. The SMILES string of the molecule is CNc1snc(C)c1C(=O)N(C)Cc1ccc(SC)cc1. The molecule has 4 nitrogen and oxygen atoms in total. The Labute approximate surface area is 133 Å². The average molecular weight is 321 g/mol. The number of carbonyl (C=O) groups excluding carboxylic acids is 1. The maximum Gasteiger partial charge on any atom is 0.258 e. The first-order chi connectivity index (χ1) is 10.1. The van der Waals surface area contributed by atoms with Gasteiger partial charge in [-0.15, -0.1) is 11.8 Å². The second-order valence-electron chi connectivity index (χ2n) is 4.73. The number of thioether (sulfide) groups is 1. The van der Waals surface area contributed by atoms with E-state index in [4.69, 9.17) is 0 Å². The standard InChI is InChI=1S/C15H19N3OS2/c1-10-13(14(16-2)21-17-10)15(19)18(3)9-11-5-7-12(20-4)8-6-11/h5-8,16H,9H2,1-4H3.